The lowest BCUT2D eigenvalue weighted by Gasteiger charge is -2.25. The number of aryl methyl sites for hydroxylation is 3. The Hall–Kier alpha value is -3.62. The Bertz CT molecular complexity index is 1850. The van der Waals surface area contributed by atoms with Crippen LogP contribution in [-0.4, -0.2) is 27.5 Å². The summed E-state index contributed by atoms with van der Waals surface area (Å²) in [5.74, 6) is -0.452. The fraction of sp³-hybridized carbons (Fsp3) is 0.303. The zero-order valence-corrected chi connectivity index (χ0v) is 26.4. The Morgan fingerprint density at radius 3 is 2.32 bits per heavy atom. The van der Waals surface area contributed by atoms with Crippen LogP contribution in [0, 0.1) is 27.7 Å². The van der Waals surface area contributed by atoms with Crippen molar-refractivity contribution < 1.29 is 9.53 Å². The summed E-state index contributed by atoms with van der Waals surface area (Å²) in [6.07, 6.45) is 3.68. The molecule has 0 radical (unpaired) electrons. The van der Waals surface area contributed by atoms with Gasteiger partial charge in [0.15, 0.2) is 4.80 Å². The summed E-state index contributed by atoms with van der Waals surface area (Å²) < 4.78 is 10.1. The van der Waals surface area contributed by atoms with Gasteiger partial charge < -0.3 is 9.30 Å². The number of carbonyl (C=O) groups excluding carboxylic acids is 1. The molecule has 0 amide bonds. The smallest absolute Gasteiger partial charge is 0.338 e. The monoisotopic (exact) mass is 585 g/mol. The molecule has 41 heavy (non-hydrogen) atoms. The Morgan fingerprint density at radius 1 is 1.05 bits per heavy atom. The standard InChI is InChI=1S/C33H35N3O3S2/c1-18(2)39-32(38)28-22(6)34-33-36(30(28)24-12-14-26(40-8)15-13-24)31(37)27(41-33)17-25-16-21(5)35(23(25)7)29-19(3)10-9-11-20(29)4/h9-18,30H,1-8H3/b27-17-/t30-/m0/s1. The Balaban J connectivity index is 1.70. The topological polar surface area (TPSA) is 65.6 Å². The number of thioether (sulfide) groups is 1. The number of fused-ring (bicyclic) bond motifs is 1. The predicted octanol–water partition coefficient (Wildman–Crippen LogP) is 5.93. The van der Waals surface area contributed by atoms with Crippen LogP contribution in [0.15, 0.2) is 74.5 Å². The van der Waals surface area contributed by atoms with Gasteiger partial charge in [0.2, 0.25) is 0 Å². The summed E-state index contributed by atoms with van der Waals surface area (Å²) in [6, 6.07) is 15.8. The molecule has 0 saturated carbocycles. The third-order valence-electron chi connectivity index (χ3n) is 7.44. The predicted molar refractivity (Wildman–Crippen MR) is 168 cm³/mol. The molecular formula is C33H35N3O3S2. The number of nitrogens with zero attached hydrogens (tertiary/aromatic N) is 3. The van der Waals surface area contributed by atoms with E-state index in [1.165, 1.54) is 28.2 Å². The average Bonchev–Trinajstić information content (AvgIpc) is 3.37. The Labute approximate surface area is 248 Å². The molecule has 4 aromatic rings. The van der Waals surface area contributed by atoms with Crippen LogP contribution in [-0.2, 0) is 9.53 Å². The number of ether oxygens (including phenoxy) is 1. The van der Waals surface area contributed by atoms with Gasteiger partial charge in [0.1, 0.15) is 0 Å². The highest BCUT2D eigenvalue weighted by atomic mass is 32.2. The SMILES string of the molecule is CSc1ccc([C@H]2C(C(=O)OC(C)C)=C(C)N=c3s/c(=C\c4cc(C)n(-c5c(C)cccc5C)c4C)c(=O)n32)cc1. The van der Waals surface area contributed by atoms with Crippen LogP contribution in [0.4, 0.5) is 0 Å². The lowest BCUT2D eigenvalue weighted by atomic mass is 9.96. The molecule has 0 N–H and O–H groups in total. The van der Waals surface area contributed by atoms with Gasteiger partial charge in [-0.2, -0.15) is 0 Å². The number of rotatable bonds is 6. The highest BCUT2D eigenvalue weighted by molar-refractivity contribution is 7.98. The second-order valence-corrected chi connectivity index (χ2v) is 12.6. The van der Waals surface area contributed by atoms with Crippen molar-refractivity contribution in [3.8, 4) is 5.69 Å². The van der Waals surface area contributed by atoms with Gasteiger partial charge in [0.05, 0.1) is 33.6 Å². The van der Waals surface area contributed by atoms with Gasteiger partial charge in [-0.1, -0.05) is 41.7 Å². The molecule has 0 bridgehead atoms. The van der Waals surface area contributed by atoms with Crippen LogP contribution in [0.5, 0.6) is 0 Å². The van der Waals surface area contributed by atoms with E-state index < -0.39 is 12.0 Å². The van der Waals surface area contributed by atoms with E-state index in [0.29, 0.717) is 20.6 Å². The minimum absolute atomic E-state index is 0.174. The second-order valence-electron chi connectivity index (χ2n) is 10.7. The highest BCUT2D eigenvalue weighted by Gasteiger charge is 2.33. The van der Waals surface area contributed by atoms with E-state index in [-0.39, 0.29) is 11.7 Å². The van der Waals surface area contributed by atoms with Gasteiger partial charge in [0.25, 0.3) is 5.56 Å². The molecule has 0 unspecified atom stereocenters. The van der Waals surface area contributed by atoms with Crippen LogP contribution in [0.3, 0.4) is 0 Å². The van der Waals surface area contributed by atoms with Crippen molar-refractivity contribution in [2.45, 2.75) is 65.5 Å². The van der Waals surface area contributed by atoms with E-state index >= 15 is 0 Å². The summed E-state index contributed by atoms with van der Waals surface area (Å²) >= 11 is 2.99. The number of benzene rings is 2. The molecule has 1 aliphatic heterocycles. The molecule has 8 heteroatoms. The Kier molecular flexibility index (Phi) is 7.99. The molecule has 0 aliphatic carbocycles. The summed E-state index contributed by atoms with van der Waals surface area (Å²) in [4.78, 5) is 33.9. The maximum atomic E-state index is 14.1. The van der Waals surface area contributed by atoms with E-state index in [2.05, 4.69) is 56.5 Å². The van der Waals surface area contributed by atoms with Crippen molar-refractivity contribution in [3.05, 3.63) is 113 Å². The highest BCUT2D eigenvalue weighted by Crippen LogP contribution is 2.32. The molecule has 212 valence electrons. The van der Waals surface area contributed by atoms with Crippen molar-refractivity contribution in [1.82, 2.24) is 9.13 Å². The quantitative estimate of drug-likeness (QED) is 0.208. The van der Waals surface area contributed by atoms with Gasteiger partial charge in [-0.15, -0.1) is 11.8 Å². The van der Waals surface area contributed by atoms with Crippen molar-refractivity contribution in [1.29, 1.82) is 0 Å². The largest absolute Gasteiger partial charge is 0.459 e. The number of carbonyl (C=O) groups is 1. The third kappa shape index (κ3) is 5.26. The molecule has 0 saturated heterocycles. The zero-order valence-electron chi connectivity index (χ0n) is 24.7. The van der Waals surface area contributed by atoms with Crippen molar-refractivity contribution in [3.63, 3.8) is 0 Å². The van der Waals surface area contributed by atoms with Crippen LogP contribution in [0.25, 0.3) is 11.8 Å². The van der Waals surface area contributed by atoms with Gasteiger partial charge >= 0.3 is 5.97 Å². The maximum Gasteiger partial charge on any atom is 0.338 e. The Morgan fingerprint density at radius 2 is 1.71 bits per heavy atom. The van der Waals surface area contributed by atoms with Crippen LogP contribution < -0.4 is 14.9 Å². The maximum absolute atomic E-state index is 14.1. The first-order valence-electron chi connectivity index (χ1n) is 13.6. The number of hydrogen-bond acceptors (Lipinski definition) is 6. The van der Waals surface area contributed by atoms with E-state index in [0.717, 1.165) is 27.4 Å². The number of aromatic nitrogens is 2. The summed E-state index contributed by atoms with van der Waals surface area (Å²) in [5, 5.41) is 0. The molecule has 1 atom stereocenters. The molecule has 5 rings (SSSR count). The van der Waals surface area contributed by atoms with Gasteiger partial charge in [-0.05, 0) is 101 Å². The van der Waals surface area contributed by atoms with E-state index in [1.54, 1.807) is 16.3 Å². The van der Waals surface area contributed by atoms with Crippen LogP contribution >= 0.6 is 23.1 Å². The first-order valence-corrected chi connectivity index (χ1v) is 15.7. The first kappa shape index (κ1) is 28.9. The van der Waals surface area contributed by atoms with Gasteiger partial charge in [-0.3, -0.25) is 9.36 Å². The fourth-order valence-corrected chi connectivity index (χ4v) is 6.99. The second kappa shape index (κ2) is 11.3. The van der Waals surface area contributed by atoms with Crippen molar-refractivity contribution in [2.24, 2.45) is 4.99 Å². The molecular weight excluding hydrogens is 551 g/mol. The van der Waals surface area contributed by atoms with E-state index in [4.69, 9.17) is 9.73 Å². The minimum atomic E-state index is -0.627. The number of hydrogen-bond donors (Lipinski definition) is 0. The summed E-state index contributed by atoms with van der Waals surface area (Å²) in [7, 11) is 0. The van der Waals surface area contributed by atoms with Crippen LogP contribution in [0.1, 0.15) is 60.5 Å². The minimum Gasteiger partial charge on any atom is -0.459 e. The molecule has 2 aromatic heterocycles. The number of esters is 1. The summed E-state index contributed by atoms with van der Waals surface area (Å²) in [5.41, 5.74) is 8.32. The van der Waals surface area contributed by atoms with Crippen LogP contribution in [0.2, 0.25) is 0 Å². The molecule has 3 heterocycles. The molecule has 0 spiro atoms. The fourth-order valence-electron chi connectivity index (χ4n) is 5.54. The van der Waals surface area contributed by atoms with Crippen molar-refractivity contribution >= 4 is 35.1 Å². The van der Waals surface area contributed by atoms with E-state index in [9.17, 15) is 9.59 Å². The first-order chi connectivity index (χ1) is 19.5. The summed E-state index contributed by atoms with van der Waals surface area (Å²) in [6.45, 7) is 13.9. The lowest BCUT2D eigenvalue weighted by Crippen LogP contribution is -2.40. The lowest BCUT2D eigenvalue weighted by molar-refractivity contribution is -0.143. The molecule has 6 nitrogen and oxygen atoms in total. The number of thiazole rings is 1. The van der Waals surface area contributed by atoms with Crippen molar-refractivity contribution in [2.75, 3.05) is 6.26 Å². The van der Waals surface area contributed by atoms with Gasteiger partial charge in [-0.25, -0.2) is 9.79 Å². The van der Waals surface area contributed by atoms with Gasteiger partial charge in [0, 0.05) is 16.3 Å². The molecule has 2 aromatic carbocycles. The third-order valence-corrected chi connectivity index (χ3v) is 9.16. The average molecular weight is 586 g/mol. The van der Waals surface area contributed by atoms with E-state index in [1.807, 2.05) is 57.4 Å². The number of allylic oxidation sites excluding steroid dienone is 1. The number of para-hydroxylation sites is 1. The normalized spacial score (nSPS) is 15.3. The molecule has 0 fully saturated rings. The molecule has 1 aliphatic rings. The zero-order chi connectivity index (χ0) is 29.6.